The van der Waals surface area contributed by atoms with Gasteiger partial charge < -0.3 is 5.11 Å². The van der Waals surface area contributed by atoms with Crippen LogP contribution in [0.3, 0.4) is 0 Å². The summed E-state index contributed by atoms with van der Waals surface area (Å²) in [5, 5.41) is 8.64. The Bertz CT molecular complexity index is 273. The topological polar surface area (TPSA) is 57.6 Å². The van der Waals surface area contributed by atoms with E-state index in [-0.39, 0.29) is 17.3 Å². The summed E-state index contributed by atoms with van der Waals surface area (Å²) in [6.45, 7) is 6.99. The first-order chi connectivity index (χ1) is 6.50. The second kappa shape index (κ2) is 4.37. The first-order valence-electron chi connectivity index (χ1n) is 4.67. The average Bonchev–Trinajstić information content (AvgIpc) is 2.11. The number of Topliss-reactive ketones (excluding diaryl/α,β-unsaturated/α-hetero) is 1. The van der Waals surface area contributed by atoms with E-state index in [1.807, 2.05) is 11.8 Å². The summed E-state index contributed by atoms with van der Waals surface area (Å²) in [5.41, 5.74) is 0.187. The number of ketones is 1. The van der Waals surface area contributed by atoms with Crippen LogP contribution >= 0.6 is 0 Å². The van der Waals surface area contributed by atoms with Crippen LogP contribution < -0.4 is 0 Å². The highest BCUT2D eigenvalue weighted by Crippen LogP contribution is 2.13. The van der Waals surface area contributed by atoms with Crippen molar-refractivity contribution in [3.05, 3.63) is 12.2 Å². The highest BCUT2D eigenvalue weighted by molar-refractivity contribution is 5.86. The zero-order valence-electron chi connectivity index (χ0n) is 8.32. The molecule has 1 atom stereocenters. The van der Waals surface area contributed by atoms with Gasteiger partial charge in [0.25, 0.3) is 0 Å². The predicted octanol–water partition coefficient (Wildman–Crippen LogP) is 0.538. The number of piperidine rings is 1. The van der Waals surface area contributed by atoms with Crippen LogP contribution in [0.15, 0.2) is 12.2 Å². The van der Waals surface area contributed by atoms with Crippen molar-refractivity contribution >= 4 is 11.8 Å². The fourth-order valence-electron chi connectivity index (χ4n) is 1.58. The molecular formula is C10H15NO3. The molecule has 1 N–H and O–H groups in total. The monoisotopic (exact) mass is 197 g/mol. The van der Waals surface area contributed by atoms with E-state index in [1.165, 1.54) is 0 Å². The van der Waals surface area contributed by atoms with E-state index in [2.05, 4.69) is 6.58 Å². The second-order valence-electron chi connectivity index (χ2n) is 3.76. The minimum atomic E-state index is -0.963. The Morgan fingerprint density at radius 3 is 2.86 bits per heavy atom. The van der Waals surface area contributed by atoms with Crippen molar-refractivity contribution in [1.29, 1.82) is 0 Å². The van der Waals surface area contributed by atoms with Crippen LogP contribution in [0.1, 0.15) is 13.3 Å². The molecule has 1 unspecified atom stereocenters. The van der Waals surface area contributed by atoms with Gasteiger partial charge in [-0.1, -0.05) is 13.5 Å². The molecule has 0 aromatic heterocycles. The lowest BCUT2D eigenvalue weighted by Crippen LogP contribution is -2.41. The summed E-state index contributed by atoms with van der Waals surface area (Å²) in [6, 6.07) is 0. The number of aliphatic carboxylic acids is 1. The molecule has 1 rings (SSSR count). The van der Waals surface area contributed by atoms with Gasteiger partial charge in [-0.25, -0.2) is 4.79 Å². The zero-order valence-corrected chi connectivity index (χ0v) is 8.32. The molecule has 0 bridgehead atoms. The number of carboxylic acids is 1. The highest BCUT2D eigenvalue weighted by atomic mass is 16.4. The average molecular weight is 197 g/mol. The molecule has 0 radical (unpaired) electrons. The first-order valence-corrected chi connectivity index (χ1v) is 4.67. The summed E-state index contributed by atoms with van der Waals surface area (Å²) in [6.07, 6.45) is 0.522. The lowest BCUT2D eigenvalue weighted by molar-refractivity contribution is -0.132. The summed E-state index contributed by atoms with van der Waals surface area (Å²) in [7, 11) is 0. The number of carboxylic acid groups (broad SMARTS) is 1. The number of hydrogen-bond donors (Lipinski definition) is 1. The minimum absolute atomic E-state index is 0.0188. The Morgan fingerprint density at radius 1 is 1.71 bits per heavy atom. The first kappa shape index (κ1) is 10.9. The normalized spacial score (nSPS) is 23.5. The Hall–Kier alpha value is -1.16. The van der Waals surface area contributed by atoms with Gasteiger partial charge in [-0.2, -0.15) is 0 Å². The molecule has 0 spiro atoms. The molecule has 0 aromatic carbocycles. The Labute approximate surface area is 83.2 Å². The number of carbonyl (C=O) groups is 2. The Balaban J connectivity index is 2.44. The van der Waals surface area contributed by atoms with Crippen molar-refractivity contribution < 1.29 is 14.7 Å². The van der Waals surface area contributed by atoms with Gasteiger partial charge in [0.1, 0.15) is 5.78 Å². The molecular weight excluding hydrogens is 182 g/mol. The minimum Gasteiger partial charge on any atom is -0.478 e. The predicted molar refractivity (Wildman–Crippen MR) is 52.0 cm³/mol. The molecule has 1 fully saturated rings. The van der Waals surface area contributed by atoms with E-state index in [9.17, 15) is 9.59 Å². The summed E-state index contributed by atoms with van der Waals surface area (Å²) < 4.78 is 0. The smallest absolute Gasteiger partial charge is 0.332 e. The van der Waals surface area contributed by atoms with Crippen molar-refractivity contribution in [2.45, 2.75) is 13.3 Å². The van der Waals surface area contributed by atoms with Gasteiger partial charge >= 0.3 is 5.97 Å². The molecule has 4 heteroatoms. The van der Waals surface area contributed by atoms with Crippen LogP contribution in [0.25, 0.3) is 0 Å². The maximum Gasteiger partial charge on any atom is 0.332 e. The fourth-order valence-corrected chi connectivity index (χ4v) is 1.58. The van der Waals surface area contributed by atoms with Crippen LogP contribution in [0, 0.1) is 5.92 Å². The molecule has 1 aliphatic heterocycles. The standard InChI is InChI=1S/C10H15NO3/c1-7-5-11(4-3-9(7)12)6-8(2)10(13)14/h7H,2-6H2,1H3,(H,13,14). The summed E-state index contributed by atoms with van der Waals surface area (Å²) in [4.78, 5) is 23.7. The number of likely N-dealkylation sites (tertiary alicyclic amines) is 1. The molecule has 0 amide bonds. The van der Waals surface area contributed by atoms with E-state index >= 15 is 0 Å². The molecule has 1 saturated heterocycles. The summed E-state index contributed by atoms with van der Waals surface area (Å²) in [5.74, 6) is -0.679. The van der Waals surface area contributed by atoms with E-state index in [1.54, 1.807) is 0 Å². The molecule has 0 aromatic rings. The second-order valence-corrected chi connectivity index (χ2v) is 3.76. The van der Waals surface area contributed by atoms with Crippen molar-refractivity contribution in [1.82, 2.24) is 4.90 Å². The van der Waals surface area contributed by atoms with Gasteiger partial charge in [0.2, 0.25) is 0 Å². The quantitative estimate of drug-likeness (QED) is 0.671. The van der Waals surface area contributed by atoms with Gasteiger partial charge in [0, 0.05) is 37.5 Å². The molecule has 0 aliphatic carbocycles. The third-order valence-corrected chi connectivity index (χ3v) is 2.47. The van der Waals surface area contributed by atoms with Crippen molar-refractivity contribution in [3.63, 3.8) is 0 Å². The Kier molecular flexibility index (Phi) is 3.41. The van der Waals surface area contributed by atoms with E-state index in [0.29, 0.717) is 26.1 Å². The van der Waals surface area contributed by atoms with Gasteiger partial charge in [-0.05, 0) is 0 Å². The zero-order chi connectivity index (χ0) is 10.7. The van der Waals surface area contributed by atoms with Crippen LogP contribution in [0.5, 0.6) is 0 Å². The molecule has 1 heterocycles. The van der Waals surface area contributed by atoms with Crippen LogP contribution in [-0.2, 0) is 9.59 Å². The van der Waals surface area contributed by atoms with Crippen molar-refractivity contribution in [3.8, 4) is 0 Å². The molecule has 78 valence electrons. The van der Waals surface area contributed by atoms with Gasteiger partial charge in [0.05, 0.1) is 0 Å². The molecule has 14 heavy (non-hydrogen) atoms. The van der Waals surface area contributed by atoms with Crippen molar-refractivity contribution in [2.24, 2.45) is 5.92 Å². The molecule has 4 nitrogen and oxygen atoms in total. The SMILES string of the molecule is C=C(CN1CCC(=O)C(C)C1)C(=O)O. The largest absolute Gasteiger partial charge is 0.478 e. The Morgan fingerprint density at radius 2 is 2.36 bits per heavy atom. The van der Waals surface area contributed by atoms with E-state index in [0.717, 1.165) is 0 Å². The lowest BCUT2D eigenvalue weighted by atomic mass is 9.98. The van der Waals surface area contributed by atoms with Crippen LogP contribution in [-0.4, -0.2) is 41.4 Å². The lowest BCUT2D eigenvalue weighted by Gasteiger charge is -2.29. The number of hydrogen-bond acceptors (Lipinski definition) is 3. The summed E-state index contributed by atoms with van der Waals surface area (Å²) >= 11 is 0. The number of nitrogens with zero attached hydrogens (tertiary/aromatic N) is 1. The van der Waals surface area contributed by atoms with Crippen LogP contribution in [0.2, 0.25) is 0 Å². The molecule has 1 aliphatic rings. The van der Waals surface area contributed by atoms with E-state index < -0.39 is 5.97 Å². The van der Waals surface area contributed by atoms with Crippen LogP contribution in [0.4, 0.5) is 0 Å². The molecule has 0 saturated carbocycles. The third-order valence-electron chi connectivity index (χ3n) is 2.47. The maximum atomic E-state index is 11.2. The van der Waals surface area contributed by atoms with E-state index in [4.69, 9.17) is 5.11 Å². The van der Waals surface area contributed by atoms with Gasteiger partial charge in [-0.15, -0.1) is 0 Å². The fraction of sp³-hybridized carbons (Fsp3) is 0.600. The maximum absolute atomic E-state index is 11.2. The van der Waals surface area contributed by atoms with Crippen molar-refractivity contribution in [2.75, 3.05) is 19.6 Å². The van der Waals surface area contributed by atoms with Gasteiger partial charge in [-0.3, -0.25) is 9.69 Å². The highest BCUT2D eigenvalue weighted by Gasteiger charge is 2.24. The van der Waals surface area contributed by atoms with Gasteiger partial charge in [0.15, 0.2) is 0 Å². The number of carbonyl (C=O) groups excluding carboxylic acids is 1. The number of rotatable bonds is 3. The third kappa shape index (κ3) is 2.67.